The van der Waals surface area contributed by atoms with E-state index in [9.17, 15) is 4.79 Å². The fraction of sp³-hybridized carbons (Fsp3) is 0.500. The Bertz CT molecular complexity index is 416. The summed E-state index contributed by atoms with van der Waals surface area (Å²) in [5.74, 6) is 0.929. The van der Waals surface area contributed by atoms with Crippen LogP contribution in [0.3, 0.4) is 0 Å². The molecule has 3 N–H and O–H groups in total. The Kier molecular flexibility index (Phi) is 5.01. The van der Waals surface area contributed by atoms with Gasteiger partial charge >= 0.3 is 0 Å². The number of methoxy groups -OCH3 is 1. The molecule has 1 aromatic rings. The predicted octanol–water partition coefficient (Wildman–Crippen LogP) is 2.44. The fourth-order valence-electron chi connectivity index (χ4n) is 1.96. The van der Waals surface area contributed by atoms with Crippen molar-refractivity contribution in [2.45, 2.75) is 33.2 Å². The maximum absolute atomic E-state index is 12.1. The molecule has 1 rings (SSSR count). The normalized spacial score (nSPS) is 12.3. The van der Waals surface area contributed by atoms with Gasteiger partial charge in [-0.05, 0) is 31.4 Å². The van der Waals surface area contributed by atoms with E-state index in [1.807, 2.05) is 6.92 Å². The second-order valence-corrected chi connectivity index (χ2v) is 4.96. The van der Waals surface area contributed by atoms with Crippen LogP contribution >= 0.6 is 0 Å². The number of anilines is 1. The third-order valence-electron chi connectivity index (χ3n) is 2.67. The molecule has 4 nitrogen and oxygen atoms in total. The topological polar surface area (TPSA) is 64.3 Å². The number of nitrogen functional groups attached to an aromatic ring is 1. The number of nitrogens with two attached hydrogens (primary N) is 1. The van der Waals surface area contributed by atoms with Crippen molar-refractivity contribution >= 4 is 11.6 Å². The average Bonchev–Trinajstić information content (AvgIpc) is 2.27. The van der Waals surface area contributed by atoms with E-state index in [0.717, 1.165) is 6.42 Å². The van der Waals surface area contributed by atoms with Gasteiger partial charge in [-0.1, -0.05) is 13.8 Å². The van der Waals surface area contributed by atoms with Gasteiger partial charge in [-0.15, -0.1) is 0 Å². The lowest BCUT2D eigenvalue weighted by molar-refractivity contribution is 0.0933. The molecule has 0 heterocycles. The molecule has 1 amide bonds. The van der Waals surface area contributed by atoms with E-state index in [0.29, 0.717) is 22.9 Å². The van der Waals surface area contributed by atoms with Gasteiger partial charge in [0.2, 0.25) is 0 Å². The van der Waals surface area contributed by atoms with Crippen LogP contribution in [0.1, 0.15) is 37.6 Å². The Labute approximate surface area is 109 Å². The number of ether oxygens (including phenoxy) is 1. The highest BCUT2D eigenvalue weighted by molar-refractivity contribution is 5.97. The molecule has 0 bridgehead atoms. The number of amides is 1. The number of carbonyl (C=O) groups excluding carboxylic acids is 1. The predicted molar refractivity (Wildman–Crippen MR) is 73.8 cm³/mol. The van der Waals surface area contributed by atoms with Crippen molar-refractivity contribution < 1.29 is 9.53 Å². The Morgan fingerprint density at radius 2 is 2.06 bits per heavy atom. The fourth-order valence-corrected chi connectivity index (χ4v) is 1.96. The Morgan fingerprint density at radius 1 is 1.39 bits per heavy atom. The highest BCUT2D eigenvalue weighted by atomic mass is 16.5. The lowest BCUT2D eigenvalue weighted by Crippen LogP contribution is -2.33. The molecule has 0 saturated heterocycles. The van der Waals surface area contributed by atoms with Gasteiger partial charge in [0.1, 0.15) is 5.75 Å². The number of hydrogen-bond acceptors (Lipinski definition) is 3. The molecule has 0 aliphatic carbocycles. The van der Waals surface area contributed by atoms with Crippen LogP contribution in [0.15, 0.2) is 18.2 Å². The summed E-state index contributed by atoms with van der Waals surface area (Å²) in [4.78, 5) is 12.1. The van der Waals surface area contributed by atoms with Gasteiger partial charge in [0.15, 0.2) is 0 Å². The summed E-state index contributed by atoms with van der Waals surface area (Å²) in [6.07, 6.45) is 0.947. The van der Waals surface area contributed by atoms with Crippen LogP contribution in [0.25, 0.3) is 0 Å². The second kappa shape index (κ2) is 6.28. The summed E-state index contributed by atoms with van der Waals surface area (Å²) >= 11 is 0. The van der Waals surface area contributed by atoms with Gasteiger partial charge in [-0.2, -0.15) is 0 Å². The third kappa shape index (κ3) is 3.95. The molecule has 0 aliphatic heterocycles. The Balaban J connectivity index is 2.78. The highest BCUT2D eigenvalue weighted by Crippen LogP contribution is 2.21. The third-order valence-corrected chi connectivity index (χ3v) is 2.67. The van der Waals surface area contributed by atoms with E-state index in [1.54, 1.807) is 18.2 Å². The van der Waals surface area contributed by atoms with Gasteiger partial charge in [-0.25, -0.2) is 0 Å². The van der Waals surface area contributed by atoms with Crippen molar-refractivity contribution in [3.05, 3.63) is 23.8 Å². The summed E-state index contributed by atoms with van der Waals surface area (Å²) < 4.78 is 5.17. The zero-order valence-electron chi connectivity index (χ0n) is 11.5. The molecule has 4 heteroatoms. The summed E-state index contributed by atoms with van der Waals surface area (Å²) in [5.41, 5.74) is 6.76. The minimum absolute atomic E-state index is 0.125. The Hall–Kier alpha value is -1.71. The lowest BCUT2D eigenvalue weighted by Gasteiger charge is -2.17. The molecule has 1 unspecified atom stereocenters. The van der Waals surface area contributed by atoms with E-state index in [1.165, 1.54) is 7.11 Å². The Morgan fingerprint density at radius 3 is 2.61 bits per heavy atom. The van der Waals surface area contributed by atoms with Crippen LogP contribution in [-0.2, 0) is 0 Å². The smallest absolute Gasteiger partial charge is 0.255 e. The minimum atomic E-state index is -0.125. The number of hydrogen-bond donors (Lipinski definition) is 2. The molecule has 0 aromatic heterocycles. The molecule has 100 valence electrons. The zero-order valence-corrected chi connectivity index (χ0v) is 11.5. The maximum atomic E-state index is 12.1. The van der Waals surface area contributed by atoms with E-state index in [2.05, 4.69) is 19.2 Å². The molecule has 0 saturated carbocycles. The summed E-state index contributed by atoms with van der Waals surface area (Å²) in [6.45, 7) is 6.26. The molecular formula is C14H22N2O2. The monoisotopic (exact) mass is 250 g/mol. The van der Waals surface area contributed by atoms with Crippen molar-refractivity contribution in [1.29, 1.82) is 0 Å². The molecule has 0 spiro atoms. The highest BCUT2D eigenvalue weighted by Gasteiger charge is 2.15. The number of carbonyl (C=O) groups is 1. The van der Waals surface area contributed by atoms with Crippen molar-refractivity contribution in [2.24, 2.45) is 5.92 Å². The SMILES string of the molecule is COc1cc(N)ccc1C(=O)NC(C)CC(C)C. The van der Waals surface area contributed by atoms with E-state index >= 15 is 0 Å². The molecule has 1 atom stereocenters. The zero-order chi connectivity index (χ0) is 13.7. The molecule has 0 aliphatic rings. The van der Waals surface area contributed by atoms with Crippen LogP contribution < -0.4 is 15.8 Å². The van der Waals surface area contributed by atoms with Gasteiger partial charge < -0.3 is 15.8 Å². The van der Waals surface area contributed by atoms with E-state index in [4.69, 9.17) is 10.5 Å². The maximum Gasteiger partial charge on any atom is 0.255 e. The van der Waals surface area contributed by atoms with Crippen LogP contribution in [0.2, 0.25) is 0 Å². The van der Waals surface area contributed by atoms with Crippen LogP contribution in [0.5, 0.6) is 5.75 Å². The molecule has 0 radical (unpaired) electrons. The van der Waals surface area contributed by atoms with E-state index < -0.39 is 0 Å². The van der Waals surface area contributed by atoms with Gasteiger partial charge in [0.05, 0.1) is 12.7 Å². The molecule has 1 aromatic carbocycles. The van der Waals surface area contributed by atoms with Crippen LogP contribution in [0.4, 0.5) is 5.69 Å². The summed E-state index contributed by atoms with van der Waals surface area (Å²) in [6, 6.07) is 5.18. The first-order chi connectivity index (χ1) is 8.43. The molecule has 18 heavy (non-hydrogen) atoms. The van der Waals surface area contributed by atoms with Gasteiger partial charge in [0, 0.05) is 17.8 Å². The van der Waals surface area contributed by atoms with Crippen LogP contribution in [0, 0.1) is 5.92 Å². The first-order valence-corrected chi connectivity index (χ1v) is 6.18. The number of rotatable bonds is 5. The first-order valence-electron chi connectivity index (χ1n) is 6.18. The van der Waals surface area contributed by atoms with Gasteiger partial charge in [0.25, 0.3) is 5.91 Å². The summed E-state index contributed by atoms with van der Waals surface area (Å²) in [7, 11) is 1.53. The second-order valence-electron chi connectivity index (χ2n) is 4.96. The number of benzene rings is 1. The summed E-state index contributed by atoms with van der Waals surface area (Å²) in [5, 5.41) is 2.96. The van der Waals surface area contributed by atoms with Crippen molar-refractivity contribution in [2.75, 3.05) is 12.8 Å². The quantitative estimate of drug-likeness (QED) is 0.789. The average molecular weight is 250 g/mol. The van der Waals surface area contributed by atoms with Crippen molar-refractivity contribution in [3.8, 4) is 5.75 Å². The van der Waals surface area contributed by atoms with Crippen molar-refractivity contribution in [3.63, 3.8) is 0 Å². The molecule has 0 fully saturated rings. The largest absolute Gasteiger partial charge is 0.496 e. The first kappa shape index (κ1) is 14.4. The van der Waals surface area contributed by atoms with Gasteiger partial charge in [-0.3, -0.25) is 4.79 Å². The number of nitrogens with one attached hydrogen (secondary N) is 1. The minimum Gasteiger partial charge on any atom is -0.496 e. The molecular weight excluding hydrogens is 228 g/mol. The van der Waals surface area contributed by atoms with E-state index in [-0.39, 0.29) is 11.9 Å². The lowest BCUT2D eigenvalue weighted by atomic mass is 10.0. The standard InChI is InChI=1S/C14H22N2O2/c1-9(2)7-10(3)16-14(17)12-6-5-11(15)8-13(12)18-4/h5-6,8-10H,7,15H2,1-4H3,(H,16,17). The van der Waals surface area contributed by atoms with Crippen molar-refractivity contribution in [1.82, 2.24) is 5.32 Å². The van der Waals surface area contributed by atoms with Crippen LogP contribution in [-0.4, -0.2) is 19.1 Å².